The quantitative estimate of drug-likeness (QED) is 0.314. The van der Waals surface area contributed by atoms with Gasteiger partial charge in [-0.1, -0.05) is 61.0 Å². The molecule has 0 fully saturated rings. The van der Waals surface area contributed by atoms with E-state index in [9.17, 15) is 18.0 Å². The van der Waals surface area contributed by atoms with E-state index in [1.807, 2.05) is 44.2 Å². The Bertz CT molecular complexity index is 1370. The van der Waals surface area contributed by atoms with E-state index in [2.05, 4.69) is 5.32 Å². The summed E-state index contributed by atoms with van der Waals surface area (Å²) in [6.45, 7) is 3.47. The Morgan fingerprint density at radius 2 is 1.57 bits per heavy atom. The summed E-state index contributed by atoms with van der Waals surface area (Å²) in [5, 5.41) is 3.55. The van der Waals surface area contributed by atoms with Crippen LogP contribution in [0, 0.1) is 0 Å². The molecule has 214 valence electrons. The molecular formula is C30H36ClN3O5S. The summed E-state index contributed by atoms with van der Waals surface area (Å²) in [7, 11) is -2.33. The summed E-state index contributed by atoms with van der Waals surface area (Å²) in [5.41, 5.74) is 1.94. The van der Waals surface area contributed by atoms with Crippen LogP contribution in [0.1, 0.15) is 31.4 Å². The SMILES string of the molecule is CC[C@@H](C)NC(=O)[C@H](Cc1ccccc1)N(Cc1ccc(Cl)cc1)C(=O)CN(c1ccc(OC)cc1)S(C)(=O)=O. The average Bonchev–Trinajstić information content (AvgIpc) is 2.94. The van der Waals surface area contributed by atoms with E-state index in [1.54, 1.807) is 48.5 Å². The number of hydrogen-bond acceptors (Lipinski definition) is 5. The molecule has 3 rings (SSSR count). The number of hydrogen-bond donors (Lipinski definition) is 1. The lowest BCUT2D eigenvalue weighted by molar-refractivity contribution is -0.140. The first-order valence-electron chi connectivity index (χ1n) is 13.0. The monoisotopic (exact) mass is 585 g/mol. The molecule has 0 aliphatic rings. The zero-order valence-corrected chi connectivity index (χ0v) is 24.8. The van der Waals surface area contributed by atoms with Crippen LogP contribution in [0.15, 0.2) is 78.9 Å². The Hall–Kier alpha value is -3.56. The van der Waals surface area contributed by atoms with Crippen LogP contribution in [0.2, 0.25) is 5.02 Å². The molecule has 0 spiro atoms. The Kier molecular flexibility index (Phi) is 11.0. The summed E-state index contributed by atoms with van der Waals surface area (Å²) >= 11 is 6.09. The molecule has 2 atom stereocenters. The number of sulfonamides is 1. The molecule has 0 radical (unpaired) electrons. The summed E-state index contributed by atoms with van der Waals surface area (Å²) in [5.74, 6) is -0.273. The molecule has 0 aliphatic heterocycles. The topological polar surface area (TPSA) is 96.0 Å². The Morgan fingerprint density at radius 3 is 2.12 bits per heavy atom. The van der Waals surface area contributed by atoms with Crippen molar-refractivity contribution in [3.63, 3.8) is 0 Å². The van der Waals surface area contributed by atoms with Crippen molar-refractivity contribution in [1.82, 2.24) is 10.2 Å². The predicted molar refractivity (Wildman–Crippen MR) is 159 cm³/mol. The number of amides is 2. The van der Waals surface area contributed by atoms with Gasteiger partial charge in [0, 0.05) is 24.0 Å². The summed E-state index contributed by atoms with van der Waals surface area (Å²) in [4.78, 5) is 29.2. The molecule has 2 amide bonds. The fourth-order valence-electron chi connectivity index (χ4n) is 4.14. The van der Waals surface area contributed by atoms with Crippen LogP contribution in [0.5, 0.6) is 5.75 Å². The van der Waals surface area contributed by atoms with E-state index in [0.717, 1.165) is 21.7 Å². The minimum absolute atomic E-state index is 0.0850. The first kappa shape index (κ1) is 31.0. The van der Waals surface area contributed by atoms with Gasteiger partial charge < -0.3 is 15.0 Å². The minimum Gasteiger partial charge on any atom is -0.497 e. The van der Waals surface area contributed by atoms with Gasteiger partial charge in [-0.2, -0.15) is 0 Å². The maximum atomic E-state index is 14.0. The van der Waals surface area contributed by atoms with Crippen LogP contribution in [-0.4, -0.2) is 57.1 Å². The zero-order valence-electron chi connectivity index (χ0n) is 23.2. The fraction of sp³-hybridized carbons (Fsp3) is 0.333. The van der Waals surface area contributed by atoms with Gasteiger partial charge in [0.2, 0.25) is 21.8 Å². The molecule has 40 heavy (non-hydrogen) atoms. The lowest BCUT2D eigenvalue weighted by atomic mass is 10.0. The minimum atomic E-state index is -3.85. The van der Waals surface area contributed by atoms with Crippen LogP contribution in [0.4, 0.5) is 5.69 Å². The standard InChI is InChI=1S/C30H36ClN3O5S/c1-5-22(2)32-30(36)28(19-23-9-7-6-8-10-23)33(20-24-11-13-25(31)14-12-24)29(35)21-34(40(4,37)38)26-15-17-27(39-3)18-16-26/h6-18,22,28H,5,19-21H2,1-4H3,(H,32,36)/t22-,28+/m1/s1. The van der Waals surface area contributed by atoms with Crippen molar-refractivity contribution in [3.8, 4) is 5.75 Å². The molecule has 0 unspecified atom stereocenters. The molecule has 0 saturated carbocycles. The van der Waals surface area contributed by atoms with Gasteiger partial charge >= 0.3 is 0 Å². The molecule has 3 aromatic rings. The number of carbonyl (C=O) groups excluding carboxylic acids is 2. The van der Waals surface area contributed by atoms with E-state index in [-0.39, 0.29) is 24.9 Å². The maximum Gasteiger partial charge on any atom is 0.244 e. The number of benzene rings is 3. The second-order valence-corrected chi connectivity index (χ2v) is 12.0. The molecule has 0 heterocycles. The van der Waals surface area contributed by atoms with E-state index < -0.39 is 28.5 Å². The molecule has 8 nitrogen and oxygen atoms in total. The molecule has 0 saturated heterocycles. The van der Waals surface area contributed by atoms with Gasteiger partial charge in [-0.15, -0.1) is 0 Å². The molecule has 1 N–H and O–H groups in total. The van der Waals surface area contributed by atoms with E-state index in [0.29, 0.717) is 22.9 Å². The molecule has 0 bridgehead atoms. The highest BCUT2D eigenvalue weighted by Crippen LogP contribution is 2.23. The number of halogens is 1. The van der Waals surface area contributed by atoms with E-state index in [1.165, 1.54) is 12.0 Å². The van der Waals surface area contributed by atoms with Crippen molar-refractivity contribution in [2.24, 2.45) is 0 Å². The lowest BCUT2D eigenvalue weighted by Crippen LogP contribution is -2.54. The van der Waals surface area contributed by atoms with Gasteiger partial charge in [0.15, 0.2) is 0 Å². The van der Waals surface area contributed by atoms with E-state index >= 15 is 0 Å². The largest absolute Gasteiger partial charge is 0.497 e. The highest BCUT2D eigenvalue weighted by Gasteiger charge is 2.33. The highest BCUT2D eigenvalue weighted by molar-refractivity contribution is 7.92. The van der Waals surface area contributed by atoms with Gasteiger partial charge in [-0.3, -0.25) is 13.9 Å². The third-order valence-electron chi connectivity index (χ3n) is 6.58. The van der Waals surface area contributed by atoms with Crippen molar-refractivity contribution >= 4 is 39.1 Å². The van der Waals surface area contributed by atoms with Crippen molar-refractivity contribution in [2.45, 2.75) is 45.3 Å². The van der Waals surface area contributed by atoms with Crippen LogP contribution in [0.3, 0.4) is 0 Å². The first-order valence-corrected chi connectivity index (χ1v) is 15.2. The van der Waals surface area contributed by atoms with Gasteiger partial charge in [0.25, 0.3) is 0 Å². The van der Waals surface area contributed by atoms with Crippen LogP contribution < -0.4 is 14.4 Å². The number of methoxy groups -OCH3 is 1. The number of anilines is 1. The van der Waals surface area contributed by atoms with E-state index in [4.69, 9.17) is 16.3 Å². The summed E-state index contributed by atoms with van der Waals surface area (Å²) < 4.78 is 31.9. The number of nitrogens with one attached hydrogen (secondary N) is 1. The molecule has 10 heteroatoms. The first-order chi connectivity index (χ1) is 19.0. The molecule has 0 aliphatic carbocycles. The predicted octanol–water partition coefficient (Wildman–Crippen LogP) is 4.67. The third-order valence-corrected chi connectivity index (χ3v) is 7.97. The number of ether oxygens (including phenoxy) is 1. The van der Waals surface area contributed by atoms with Crippen LogP contribution >= 0.6 is 11.6 Å². The summed E-state index contributed by atoms with van der Waals surface area (Å²) in [6.07, 6.45) is 2.02. The van der Waals surface area contributed by atoms with Crippen molar-refractivity contribution in [2.75, 3.05) is 24.2 Å². The zero-order chi connectivity index (χ0) is 29.3. The Labute approximate surface area is 241 Å². The Morgan fingerprint density at radius 1 is 0.950 bits per heavy atom. The molecule has 0 aromatic heterocycles. The second kappa shape index (κ2) is 14.2. The average molecular weight is 586 g/mol. The lowest BCUT2D eigenvalue weighted by Gasteiger charge is -2.34. The Balaban J connectivity index is 2.04. The maximum absolute atomic E-state index is 14.0. The van der Waals surface area contributed by atoms with Crippen LogP contribution in [0.25, 0.3) is 0 Å². The fourth-order valence-corrected chi connectivity index (χ4v) is 5.12. The number of nitrogens with zero attached hydrogens (tertiary/aromatic N) is 2. The van der Waals surface area contributed by atoms with Crippen molar-refractivity contribution < 1.29 is 22.7 Å². The van der Waals surface area contributed by atoms with Crippen LogP contribution in [-0.2, 0) is 32.6 Å². The smallest absolute Gasteiger partial charge is 0.244 e. The third kappa shape index (κ3) is 8.72. The molecule has 3 aromatic carbocycles. The second-order valence-electron chi connectivity index (χ2n) is 9.64. The number of rotatable bonds is 13. The van der Waals surface area contributed by atoms with Crippen molar-refractivity contribution in [3.05, 3.63) is 95.0 Å². The summed E-state index contributed by atoms with van der Waals surface area (Å²) in [6, 6.07) is 21.8. The van der Waals surface area contributed by atoms with Gasteiger partial charge in [-0.25, -0.2) is 8.42 Å². The number of carbonyl (C=O) groups is 2. The molecular weight excluding hydrogens is 550 g/mol. The normalized spacial score (nSPS) is 12.7. The van der Waals surface area contributed by atoms with Gasteiger partial charge in [-0.05, 0) is 60.9 Å². The van der Waals surface area contributed by atoms with Gasteiger partial charge in [0.1, 0.15) is 18.3 Å². The highest BCUT2D eigenvalue weighted by atomic mass is 35.5. The van der Waals surface area contributed by atoms with Gasteiger partial charge in [0.05, 0.1) is 19.1 Å². The van der Waals surface area contributed by atoms with Crippen molar-refractivity contribution in [1.29, 1.82) is 0 Å².